The summed E-state index contributed by atoms with van der Waals surface area (Å²) in [5.74, 6) is -0.596. The number of hydrogen-bond donors (Lipinski definition) is 1. The van der Waals surface area contributed by atoms with E-state index in [0.717, 1.165) is 35.8 Å². The van der Waals surface area contributed by atoms with Gasteiger partial charge in [-0.2, -0.15) is 0 Å². The van der Waals surface area contributed by atoms with Gasteiger partial charge in [0.2, 0.25) is 0 Å². The van der Waals surface area contributed by atoms with Gasteiger partial charge < -0.3 is 10.1 Å². The Morgan fingerprint density at radius 3 is 2.76 bits per heavy atom. The zero-order valence-corrected chi connectivity index (χ0v) is 17.9. The van der Waals surface area contributed by atoms with Crippen LogP contribution in [-0.2, 0) is 17.6 Å². The molecule has 0 saturated carbocycles. The molecule has 0 fully saturated rings. The predicted molar refractivity (Wildman–Crippen MR) is 112 cm³/mol. The van der Waals surface area contributed by atoms with Gasteiger partial charge in [0, 0.05) is 17.0 Å². The highest BCUT2D eigenvalue weighted by Crippen LogP contribution is 2.40. The molecule has 9 heteroatoms. The van der Waals surface area contributed by atoms with Gasteiger partial charge >= 0.3 is 5.97 Å². The average molecular weight is 437 g/mol. The van der Waals surface area contributed by atoms with Crippen LogP contribution < -0.4 is 5.32 Å². The molecule has 0 spiro atoms. The molecule has 1 amide bonds. The lowest BCUT2D eigenvalue weighted by Crippen LogP contribution is -2.19. The van der Waals surface area contributed by atoms with Gasteiger partial charge in [-0.25, -0.2) is 4.79 Å². The molecule has 3 rings (SSSR count). The van der Waals surface area contributed by atoms with Gasteiger partial charge in [-0.3, -0.25) is 14.9 Å². The maximum absolute atomic E-state index is 12.8. The number of nitrogens with one attached hydrogen (secondary N) is 1. The normalized spacial score (nSPS) is 15.7. The van der Waals surface area contributed by atoms with Crippen molar-refractivity contribution in [2.75, 3.05) is 5.32 Å². The Hall–Kier alpha value is -2.45. The summed E-state index contributed by atoms with van der Waals surface area (Å²) in [6, 6.07) is 3.67. The lowest BCUT2D eigenvalue weighted by molar-refractivity contribution is -0.384. The van der Waals surface area contributed by atoms with Crippen molar-refractivity contribution in [3.05, 3.63) is 54.9 Å². The van der Waals surface area contributed by atoms with Gasteiger partial charge in [0.25, 0.3) is 11.6 Å². The van der Waals surface area contributed by atoms with Crippen LogP contribution in [0.3, 0.4) is 0 Å². The summed E-state index contributed by atoms with van der Waals surface area (Å²) in [4.78, 5) is 37.0. The highest BCUT2D eigenvalue weighted by molar-refractivity contribution is 7.17. The van der Waals surface area contributed by atoms with Crippen molar-refractivity contribution in [1.82, 2.24) is 0 Å². The lowest BCUT2D eigenvalue weighted by atomic mass is 9.88. The molecular weight excluding hydrogens is 416 g/mol. The van der Waals surface area contributed by atoms with Crippen molar-refractivity contribution in [3.63, 3.8) is 0 Å². The first-order valence-electron chi connectivity index (χ1n) is 9.28. The number of fused-ring (bicyclic) bond motifs is 1. The fraction of sp³-hybridized carbons (Fsp3) is 0.400. The third-order valence-electron chi connectivity index (χ3n) is 4.69. The van der Waals surface area contributed by atoms with Crippen LogP contribution >= 0.6 is 22.9 Å². The van der Waals surface area contributed by atoms with Crippen molar-refractivity contribution in [2.24, 2.45) is 5.92 Å². The second-order valence-electron chi connectivity index (χ2n) is 7.39. The van der Waals surface area contributed by atoms with Crippen molar-refractivity contribution in [2.45, 2.75) is 46.1 Å². The number of rotatable bonds is 5. The van der Waals surface area contributed by atoms with Crippen LogP contribution in [0.4, 0.5) is 10.7 Å². The second kappa shape index (κ2) is 8.51. The monoisotopic (exact) mass is 436 g/mol. The van der Waals surface area contributed by atoms with Crippen LogP contribution in [0.5, 0.6) is 0 Å². The molecule has 1 aromatic carbocycles. The van der Waals surface area contributed by atoms with E-state index >= 15 is 0 Å². The average Bonchev–Trinajstić information content (AvgIpc) is 2.97. The van der Waals surface area contributed by atoms with Crippen LogP contribution in [0.25, 0.3) is 0 Å². The Morgan fingerprint density at radius 1 is 1.38 bits per heavy atom. The summed E-state index contributed by atoms with van der Waals surface area (Å²) in [6.45, 7) is 5.68. The number of benzene rings is 1. The number of nitro groups is 1. The molecule has 1 aliphatic carbocycles. The quantitative estimate of drug-likeness (QED) is 0.392. The SMILES string of the molecule is CC1CCc2c(sc(NC(=O)c3cc([N+](=O)[O-])ccc3Cl)c2C(=O)OC(C)C)C1. The number of nitrogens with zero attached hydrogens (tertiary/aromatic N) is 1. The summed E-state index contributed by atoms with van der Waals surface area (Å²) in [5.41, 5.74) is 1.03. The van der Waals surface area contributed by atoms with E-state index in [-0.39, 0.29) is 22.4 Å². The number of carbonyl (C=O) groups excluding carboxylic acids is 2. The molecule has 1 atom stereocenters. The maximum Gasteiger partial charge on any atom is 0.341 e. The molecule has 1 aliphatic rings. The minimum absolute atomic E-state index is 0.0243. The van der Waals surface area contributed by atoms with E-state index in [1.54, 1.807) is 13.8 Å². The number of nitro benzene ring substituents is 1. The smallest absolute Gasteiger partial charge is 0.341 e. The molecule has 0 saturated heterocycles. The minimum atomic E-state index is -0.607. The molecule has 1 heterocycles. The summed E-state index contributed by atoms with van der Waals surface area (Å²) >= 11 is 7.43. The molecule has 29 heavy (non-hydrogen) atoms. The van der Waals surface area contributed by atoms with Crippen molar-refractivity contribution < 1.29 is 19.2 Å². The molecule has 0 radical (unpaired) electrons. The van der Waals surface area contributed by atoms with Gasteiger partial charge in [0.1, 0.15) is 5.00 Å². The van der Waals surface area contributed by atoms with E-state index in [1.165, 1.54) is 23.5 Å². The van der Waals surface area contributed by atoms with Crippen LogP contribution in [-0.4, -0.2) is 22.9 Å². The number of ether oxygens (including phenoxy) is 1. The predicted octanol–water partition coefficient (Wildman–Crippen LogP) is 5.25. The van der Waals surface area contributed by atoms with Crippen LogP contribution in [0, 0.1) is 16.0 Å². The Bertz CT molecular complexity index is 985. The highest BCUT2D eigenvalue weighted by Gasteiger charge is 2.30. The second-order valence-corrected chi connectivity index (χ2v) is 8.90. The molecule has 0 aliphatic heterocycles. The van der Waals surface area contributed by atoms with Crippen molar-refractivity contribution in [3.8, 4) is 0 Å². The van der Waals surface area contributed by atoms with Crippen molar-refractivity contribution >= 4 is 45.5 Å². The standard InChI is InChI=1S/C20H21ClN2O5S/c1-10(2)28-20(25)17-13-6-4-11(3)8-16(13)29-19(17)22-18(24)14-9-12(23(26)27)5-7-15(14)21/h5,7,9-11H,4,6,8H2,1-3H3,(H,22,24). The molecule has 1 aromatic heterocycles. The zero-order valence-electron chi connectivity index (χ0n) is 16.3. The molecule has 1 N–H and O–H groups in total. The van der Waals surface area contributed by atoms with Gasteiger partial charge in [0.15, 0.2) is 0 Å². The van der Waals surface area contributed by atoms with Crippen LogP contribution in [0.1, 0.15) is 58.3 Å². The molecule has 2 aromatic rings. The highest BCUT2D eigenvalue weighted by atomic mass is 35.5. The summed E-state index contributed by atoms with van der Waals surface area (Å²) in [7, 11) is 0. The zero-order chi connectivity index (χ0) is 21.3. The number of thiophene rings is 1. The summed E-state index contributed by atoms with van der Waals surface area (Å²) in [6.07, 6.45) is 2.23. The van der Waals surface area contributed by atoms with Crippen LogP contribution in [0.15, 0.2) is 18.2 Å². The van der Waals surface area contributed by atoms with E-state index in [9.17, 15) is 19.7 Å². The number of halogens is 1. The lowest BCUT2D eigenvalue weighted by Gasteiger charge is -2.18. The summed E-state index contributed by atoms with van der Waals surface area (Å²) in [5, 5.41) is 14.2. The van der Waals surface area contributed by atoms with E-state index in [2.05, 4.69) is 12.2 Å². The minimum Gasteiger partial charge on any atom is -0.459 e. The molecule has 0 bridgehead atoms. The van der Waals surface area contributed by atoms with Gasteiger partial charge in [-0.05, 0) is 50.7 Å². The molecular formula is C20H21ClN2O5S. The Morgan fingerprint density at radius 2 is 2.10 bits per heavy atom. The molecule has 1 unspecified atom stereocenters. The van der Waals surface area contributed by atoms with E-state index in [4.69, 9.17) is 16.3 Å². The number of esters is 1. The molecule has 7 nitrogen and oxygen atoms in total. The van der Waals surface area contributed by atoms with E-state index < -0.39 is 16.8 Å². The third kappa shape index (κ3) is 4.59. The van der Waals surface area contributed by atoms with Crippen LogP contribution in [0.2, 0.25) is 5.02 Å². The number of carbonyl (C=O) groups is 2. The maximum atomic E-state index is 12.8. The fourth-order valence-electron chi connectivity index (χ4n) is 3.30. The first-order chi connectivity index (χ1) is 13.7. The first kappa shape index (κ1) is 21.3. The van der Waals surface area contributed by atoms with Gasteiger partial charge in [-0.15, -0.1) is 11.3 Å². The third-order valence-corrected chi connectivity index (χ3v) is 6.19. The molecule has 154 valence electrons. The largest absolute Gasteiger partial charge is 0.459 e. The fourth-order valence-corrected chi connectivity index (χ4v) is 4.90. The van der Waals surface area contributed by atoms with Crippen molar-refractivity contribution in [1.29, 1.82) is 0 Å². The Balaban J connectivity index is 1.98. The number of amides is 1. The number of non-ortho nitro benzene ring substituents is 1. The van der Waals surface area contributed by atoms with Gasteiger partial charge in [-0.1, -0.05) is 18.5 Å². The number of hydrogen-bond acceptors (Lipinski definition) is 6. The topological polar surface area (TPSA) is 98.5 Å². The van der Waals surface area contributed by atoms with E-state index in [0.29, 0.717) is 16.5 Å². The van der Waals surface area contributed by atoms with Gasteiger partial charge in [0.05, 0.1) is 27.2 Å². The number of anilines is 1. The Kier molecular flexibility index (Phi) is 6.24. The van der Waals surface area contributed by atoms with E-state index in [1.807, 2.05) is 0 Å². The first-order valence-corrected chi connectivity index (χ1v) is 10.5. The Labute approximate surface area is 177 Å². The summed E-state index contributed by atoms with van der Waals surface area (Å²) < 4.78 is 5.39.